The monoisotopic (exact) mass is 598 g/mol. The highest BCUT2D eigenvalue weighted by molar-refractivity contribution is 9.10. The van der Waals surface area contributed by atoms with Gasteiger partial charge in [-0.15, -0.1) is 0 Å². The third-order valence-electron chi connectivity index (χ3n) is 7.09. The van der Waals surface area contributed by atoms with Crippen LogP contribution in [0.2, 0.25) is 0 Å². The highest BCUT2D eigenvalue weighted by Gasteiger charge is 2.26. The first-order valence-corrected chi connectivity index (χ1v) is 13.6. The standard InChI is InChI=1S/C27H31BrN6O5/c1-38-23-14-19-22(15-24(23)39-2)30-27(33(9-11-35)10-12-36)31-25(19)32-7-5-18(6-8-32)34-16-29-21-4-3-17(28)13-20(21)26(34)37/h3-4,13-16,18,35-36H,5-12H2,1-2H3. The molecule has 0 atom stereocenters. The number of aliphatic hydroxyl groups excluding tert-OH is 2. The van der Waals surface area contributed by atoms with Crippen molar-refractivity contribution in [1.29, 1.82) is 0 Å². The molecule has 1 aliphatic heterocycles. The largest absolute Gasteiger partial charge is 0.493 e. The van der Waals surface area contributed by atoms with Gasteiger partial charge in [0.1, 0.15) is 5.82 Å². The van der Waals surface area contributed by atoms with E-state index in [0.717, 1.165) is 28.5 Å². The predicted molar refractivity (Wildman–Crippen MR) is 153 cm³/mol. The Labute approximate surface area is 233 Å². The first-order valence-electron chi connectivity index (χ1n) is 12.8. The quantitative estimate of drug-likeness (QED) is 0.297. The lowest BCUT2D eigenvalue weighted by atomic mass is 10.0. The van der Waals surface area contributed by atoms with Crippen molar-refractivity contribution in [1.82, 2.24) is 19.5 Å². The number of hydrogen-bond acceptors (Lipinski definition) is 10. The Morgan fingerprint density at radius 1 is 0.974 bits per heavy atom. The van der Waals surface area contributed by atoms with E-state index in [4.69, 9.17) is 19.4 Å². The minimum Gasteiger partial charge on any atom is -0.493 e. The smallest absolute Gasteiger partial charge is 0.261 e. The van der Waals surface area contributed by atoms with Crippen molar-refractivity contribution in [3.8, 4) is 11.5 Å². The van der Waals surface area contributed by atoms with E-state index < -0.39 is 0 Å². The summed E-state index contributed by atoms with van der Waals surface area (Å²) >= 11 is 3.45. The minimum atomic E-state index is -0.0980. The molecule has 11 nitrogen and oxygen atoms in total. The first-order chi connectivity index (χ1) is 19.0. The van der Waals surface area contributed by atoms with Gasteiger partial charge in [-0.1, -0.05) is 15.9 Å². The number of hydrogen-bond donors (Lipinski definition) is 2. The molecule has 1 saturated heterocycles. The van der Waals surface area contributed by atoms with Gasteiger partial charge in [0, 0.05) is 48.1 Å². The molecule has 4 aromatic rings. The van der Waals surface area contributed by atoms with Crippen LogP contribution < -0.4 is 24.8 Å². The summed E-state index contributed by atoms with van der Waals surface area (Å²) in [5, 5.41) is 20.6. The van der Waals surface area contributed by atoms with Gasteiger partial charge in [-0.05, 0) is 37.1 Å². The van der Waals surface area contributed by atoms with Crippen LogP contribution in [-0.2, 0) is 0 Å². The predicted octanol–water partition coefficient (Wildman–Crippen LogP) is 2.75. The summed E-state index contributed by atoms with van der Waals surface area (Å²) in [5.41, 5.74) is 1.29. The topological polar surface area (TPSA) is 126 Å². The van der Waals surface area contributed by atoms with Crippen LogP contribution in [-0.4, -0.2) is 83.3 Å². The fraction of sp³-hybridized carbons (Fsp3) is 0.407. The maximum absolute atomic E-state index is 13.3. The van der Waals surface area contributed by atoms with Crippen molar-refractivity contribution in [3.63, 3.8) is 0 Å². The van der Waals surface area contributed by atoms with Gasteiger partial charge in [0.25, 0.3) is 5.56 Å². The summed E-state index contributed by atoms with van der Waals surface area (Å²) in [5.74, 6) is 2.25. The molecular weight excluding hydrogens is 568 g/mol. The van der Waals surface area contributed by atoms with Crippen molar-refractivity contribution in [2.45, 2.75) is 18.9 Å². The Balaban J connectivity index is 1.50. The molecule has 0 saturated carbocycles. The average Bonchev–Trinajstić information content (AvgIpc) is 2.96. The Morgan fingerprint density at radius 3 is 2.33 bits per heavy atom. The first kappa shape index (κ1) is 27.1. The number of fused-ring (bicyclic) bond motifs is 2. The number of methoxy groups -OCH3 is 2. The fourth-order valence-electron chi connectivity index (χ4n) is 5.09. The molecular formula is C27H31BrN6O5. The van der Waals surface area contributed by atoms with E-state index in [1.165, 1.54) is 0 Å². The molecule has 0 radical (unpaired) electrons. The molecule has 5 rings (SSSR count). The lowest BCUT2D eigenvalue weighted by Gasteiger charge is -2.34. The summed E-state index contributed by atoms with van der Waals surface area (Å²) in [6.45, 7) is 1.70. The van der Waals surface area contributed by atoms with Crippen LogP contribution in [0.15, 0.2) is 45.9 Å². The summed E-state index contributed by atoms with van der Waals surface area (Å²) in [4.78, 5) is 31.4. The number of ether oxygens (including phenoxy) is 2. The van der Waals surface area contributed by atoms with Gasteiger partial charge in [0.05, 0.1) is 50.2 Å². The van der Waals surface area contributed by atoms with Crippen LogP contribution in [0.3, 0.4) is 0 Å². The van der Waals surface area contributed by atoms with E-state index >= 15 is 0 Å². The molecule has 0 unspecified atom stereocenters. The number of aliphatic hydroxyl groups is 2. The number of halogens is 1. The molecule has 1 aliphatic rings. The molecule has 1 fully saturated rings. The molecule has 2 N–H and O–H groups in total. The van der Waals surface area contributed by atoms with Gasteiger partial charge in [-0.3, -0.25) is 9.36 Å². The van der Waals surface area contributed by atoms with Gasteiger partial charge in [-0.25, -0.2) is 9.97 Å². The van der Waals surface area contributed by atoms with E-state index in [-0.39, 0.29) is 37.9 Å². The molecule has 206 valence electrons. The molecule has 0 bridgehead atoms. The summed E-state index contributed by atoms with van der Waals surface area (Å²) in [7, 11) is 3.16. The molecule has 12 heteroatoms. The SMILES string of the molecule is COc1cc2nc(N(CCO)CCO)nc(N3CCC(n4cnc5ccc(Br)cc5c4=O)CC3)c2cc1OC. The normalized spacial score (nSPS) is 14.2. The van der Waals surface area contributed by atoms with E-state index in [2.05, 4.69) is 25.8 Å². The lowest BCUT2D eigenvalue weighted by Crippen LogP contribution is -2.38. The van der Waals surface area contributed by atoms with Crippen LogP contribution in [0.25, 0.3) is 21.8 Å². The summed E-state index contributed by atoms with van der Waals surface area (Å²) < 4.78 is 13.6. The number of benzene rings is 2. The Kier molecular flexibility index (Phi) is 8.15. The molecule has 3 heterocycles. The molecule has 0 aliphatic carbocycles. The average molecular weight is 599 g/mol. The van der Waals surface area contributed by atoms with Crippen LogP contribution in [0.4, 0.5) is 11.8 Å². The van der Waals surface area contributed by atoms with E-state index in [1.807, 2.05) is 30.3 Å². The Morgan fingerprint density at radius 2 is 1.67 bits per heavy atom. The van der Waals surface area contributed by atoms with Crippen LogP contribution >= 0.6 is 15.9 Å². The zero-order chi connectivity index (χ0) is 27.5. The van der Waals surface area contributed by atoms with Crippen LogP contribution in [0, 0.1) is 0 Å². The van der Waals surface area contributed by atoms with E-state index in [0.29, 0.717) is 47.0 Å². The second-order valence-electron chi connectivity index (χ2n) is 9.34. The molecule has 2 aromatic heterocycles. The zero-order valence-electron chi connectivity index (χ0n) is 21.9. The van der Waals surface area contributed by atoms with Crippen molar-refractivity contribution in [3.05, 3.63) is 51.5 Å². The highest BCUT2D eigenvalue weighted by Crippen LogP contribution is 2.37. The van der Waals surface area contributed by atoms with Gasteiger partial charge < -0.3 is 29.5 Å². The fourth-order valence-corrected chi connectivity index (χ4v) is 5.45. The maximum Gasteiger partial charge on any atom is 0.261 e. The van der Waals surface area contributed by atoms with Gasteiger partial charge in [0.15, 0.2) is 11.5 Å². The van der Waals surface area contributed by atoms with Crippen molar-refractivity contribution >= 4 is 49.5 Å². The zero-order valence-corrected chi connectivity index (χ0v) is 23.5. The number of piperidine rings is 1. The van der Waals surface area contributed by atoms with Crippen molar-refractivity contribution < 1.29 is 19.7 Å². The number of anilines is 2. The molecule has 0 amide bonds. The van der Waals surface area contributed by atoms with Gasteiger partial charge in [-0.2, -0.15) is 4.98 Å². The number of rotatable bonds is 9. The maximum atomic E-state index is 13.3. The molecule has 2 aromatic carbocycles. The Hall–Kier alpha value is -3.48. The summed E-state index contributed by atoms with van der Waals surface area (Å²) in [6.07, 6.45) is 3.11. The van der Waals surface area contributed by atoms with Gasteiger partial charge >= 0.3 is 0 Å². The van der Waals surface area contributed by atoms with E-state index in [1.54, 1.807) is 30.0 Å². The number of nitrogens with zero attached hydrogens (tertiary/aromatic N) is 6. The van der Waals surface area contributed by atoms with Crippen LogP contribution in [0.1, 0.15) is 18.9 Å². The van der Waals surface area contributed by atoms with E-state index in [9.17, 15) is 15.0 Å². The third kappa shape index (κ3) is 5.36. The number of aromatic nitrogens is 4. The third-order valence-corrected chi connectivity index (χ3v) is 7.59. The van der Waals surface area contributed by atoms with Crippen LogP contribution in [0.5, 0.6) is 11.5 Å². The lowest BCUT2D eigenvalue weighted by molar-refractivity contribution is 0.280. The molecule has 0 spiro atoms. The highest BCUT2D eigenvalue weighted by atomic mass is 79.9. The minimum absolute atomic E-state index is 0.00658. The summed E-state index contributed by atoms with van der Waals surface area (Å²) in [6, 6.07) is 9.22. The van der Waals surface area contributed by atoms with Gasteiger partial charge in [0.2, 0.25) is 5.95 Å². The molecule has 39 heavy (non-hydrogen) atoms. The van der Waals surface area contributed by atoms with Crippen molar-refractivity contribution in [2.24, 2.45) is 0 Å². The second-order valence-corrected chi connectivity index (χ2v) is 10.3. The second kappa shape index (κ2) is 11.7. The van der Waals surface area contributed by atoms with Crippen molar-refractivity contribution in [2.75, 3.05) is 63.4 Å². The Bertz CT molecular complexity index is 1530.